The molecule has 0 fully saturated rings. The molecule has 66 valence electrons. The molecule has 0 atom stereocenters. The summed E-state index contributed by atoms with van der Waals surface area (Å²) in [5.41, 5.74) is 3.02. The highest BCUT2D eigenvalue weighted by Crippen LogP contribution is 2.36. The zero-order valence-corrected chi connectivity index (χ0v) is 8.49. The quantitative estimate of drug-likeness (QED) is 0.538. The minimum atomic E-state index is -0.289. The van der Waals surface area contributed by atoms with Crippen molar-refractivity contribution in [2.45, 2.75) is 34.6 Å². The van der Waals surface area contributed by atoms with E-state index in [1.54, 1.807) is 0 Å². The van der Waals surface area contributed by atoms with Crippen LogP contribution in [0.1, 0.15) is 34.6 Å². The zero-order chi connectivity index (χ0) is 9.52. The van der Waals surface area contributed by atoms with Gasteiger partial charge in [0.1, 0.15) is 0 Å². The van der Waals surface area contributed by atoms with Crippen LogP contribution in [0.2, 0.25) is 0 Å². The van der Waals surface area contributed by atoms with Gasteiger partial charge in [0.15, 0.2) is 5.78 Å². The Morgan fingerprint density at radius 2 is 1.67 bits per heavy atom. The largest absolute Gasteiger partial charge is 0.294 e. The van der Waals surface area contributed by atoms with Gasteiger partial charge in [0, 0.05) is 5.41 Å². The SMILES string of the molecule is CC1=CC(C)=C(C)C(C)(C)C1=O. The summed E-state index contributed by atoms with van der Waals surface area (Å²) in [7, 11) is 0. The number of carbonyl (C=O) groups excluding carboxylic acids is 1. The van der Waals surface area contributed by atoms with E-state index in [-0.39, 0.29) is 11.2 Å². The monoisotopic (exact) mass is 164 g/mol. The molecule has 0 N–H and O–H groups in total. The first-order chi connectivity index (χ1) is 5.37. The summed E-state index contributed by atoms with van der Waals surface area (Å²) in [6.45, 7) is 9.97. The fourth-order valence-corrected chi connectivity index (χ4v) is 1.65. The van der Waals surface area contributed by atoms with Crippen molar-refractivity contribution in [1.82, 2.24) is 0 Å². The molecule has 0 saturated carbocycles. The number of hydrogen-bond donors (Lipinski definition) is 0. The van der Waals surface area contributed by atoms with Crippen molar-refractivity contribution < 1.29 is 4.79 Å². The molecule has 0 aromatic heterocycles. The van der Waals surface area contributed by atoms with Crippen LogP contribution in [-0.2, 0) is 4.79 Å². The highest BCUT2D eigenvalue weighted by molar-refractivity contribution is 6.02. The van der Waals surface area contributed by atoms with E-state index < -0.39 is 0 Å². The lowest BCUT2D eigenvalue weighted by molar-refractivity contribution is -0.121. The maximum absolute atomic E-state index is 11.7. The lowest BCUT2D eigenvalue weighted by Crippen LogP contribution is -2.29. The van der Waals surface area contributed by atoms with E-state index in [2.05, 4.69) is 6.92 Å². The topological polar surface area (TPSA) is 17.1 Å². The van der Waals surface area contributed by atoms with Crippen molar-refractivity contribution in [3.8, 4) is 0 Å². The molecule has 1 aliphatic carbocycles. The Bertz CT molecular complexity index is 290. The van der Waals surface area contributed by atoms with Crippen LogP contribution >= 0.6 is 0 Å². The van der Waals surface area contributed by atoms with Gasteiger partial charge in [-0.1, -0.05) is 17.2 Å². The highest BCUT2D eigenvalue weighted by atomic mass is 16.1. The molecular weight excluding hydrogens is 148 g/mol. The van der Waals surface area contributed by atoms with E-state index in [1.807, 2.05) is 33.8 Å². The molecule has 0 unspecified atom stereocenters. The summed E-state index contributed by atoms with van der Waals surface area (Å²) < 4.78 is 0. The van der Waals surface area contributed by atoms with Crippen LogP contribution in [0.25, 0.3) is 0 Å². The van der Waals surface area contributed by atoms with Crippen LogP contribution in [0.15, 0.2) is 22.8 Å². The fraction of sp³-hybridized carbons (Fsp3) is 0.545. The van der Waals surface area contributed by atoms with Gasteiger partial charge >= 0.3 is 0 Å². The van der Waals surface area contributed by atoms with Crippen molar-refractivity contribution in [2.24, 2.45) is 5.41 Å². The Balaban J connectivity index is 3.28. The molecule has 1 heteroatoms. The molecule has 0 amide bonds. The number of allylic oxidation sites excluding steroid dienone is 4. The van der Waals surface area contributed by atoms with Crippen LogP contribution in [0, 0.1) is 5.41 Å². The standard InChI is InChI=1S/C11H16O/c1-7-6-8(2)10(12)11(4,5)9(7)3/h6H,1-5H3. The highest BCUT2D eigenvalue weighted by Gasteiger charge is 2.33. The second-order valence-electron chi connectivity index (χ2n) is 4.09. The number of Topliss-reactive ketones (excluding diaryl/α,β-unsaturated/α-hetero) is 1. The Labute approximate surface area is 74.2 Å². The molecular formula is C11H16O. The first kappa shape index (κ1) is 9.24. The zero-order valence-electron chi connectivity index (χ0n) is 8.49. The fourth-order valence-electron chi connectivity index (χ4n) is 1.65. The molecule has 0 aliphatic heterocycles. The molecule has 0 heterocycles. The summed E-state index contributed by atoms with van der Waals surface area (Å²) >= 11 is 0. The molecule has 0 spiro atoms. The van der Waals surface area contributed by atoms with Crippen molar-refractivity contribution in [3.63, 3.8) is 0 Å². The van der Waals surface area contributed by atoms with Gasteiger partial charge < -0.3 is 0 Å². The number of carbonyl (C=O) groups is 1. The normalized spacial score (nSPS) is 22.8. The third-order valence-corrected chi connectivity index (χ3v) is 2.89. The molecule has 12 heavy (non-hydrogen) atoms. The Hall–Kier alpha value is -0.850. The molecule has 0 radical (unpaired) electrons. The number of rotatable bonds is 0. The van der Waals surface area contributed by atoms with Crippen LogP contribution < -0.4 is 0 Å². The van der Waals surface area contributed by atoms with Crippen LogP contribution in [0.4, 0.5) is 0 Å². The Morgan fingerprint density at radius 1 is 1.17 bits per heavy atom. The Kier molecular flexibility index (Phi) is 1.99. The second-order valence-corrected chi connectivity index (χ2v) is 4.09. The second kappa shape index (κ2) is 2.58. The predicted octanol–water partition coefficient (Wildman–Crippen LogP) is 2.88. The molecule has 0 aromatic carbocycles. The number of hydrogen-bond acceptors (Lipinski definition) is 1. The lowest BCUT2D eigenvalue weighted by atomic mass is 9.73. The molecule has 0 aromatic rings. The average molecular weight is 164 g/mol. The van der Waals surface area contributed by atoms with Crippen molar-refractivity contribution in [3.05, 3.63) is 22.8 Å². The van der Waals surface area contributed by atoms with Crippen LogP contribution in [-0.4, -0.2) is 5.78 Å². The maximum Gasteiger partial charge on any atom is 0.168 e. The van der Waals surface area contributed by atoms with Gasteiger partial charge in [-0.25, -0.2) is 0 Å². The van der Waals surface area contributed by atoms with Gasteiger partial charge in [0.05, 0.1) is 0 Å². The van der Waals surface area contributed by atoms with Gasteiger partial charge in [-0.15, -0.1) is 0 Å². The summed E-state index contributed by atoms with van der Waals surface area (Å²) in [5, 5.41) is 0. The maximum atomic E-state index is 11.7. The van der Waals surface area contributed by atoms with Crippen LogP contribution in [0.5, 0.6) is 0 Å². The molecule has 0 bridgehead atoms. The van der Waals surface area contributed by atoms with E-state index in [0.29, 0.717) is 0 Å². The first-order valence-corrected chi connectivity index (χ1v) is 4.28. The van der Waals surface area contributed by atoms with Crippen LogP contribution in [0.3, 0.4) is 0 Å². The summed E-state index contributed by atoms with van der Waals surface area (Å²) in [4.78, 5) is 11.7. The summed E-state index contributed by atoms with van der Waals surface area (Å²) in [5.74, 6) is 0.255. The van der Waals surface area contributed by atoms with Gasteiger partial charge in [-0.05, 0) is 40.2 Å². The molecule has 1 rings (SSSR count). The average Bonchev–Trinajstić information content (AvgIpc) is 1.99. The van der Waals surface area contributed by atoms with E-state index in [1.165, 1.54) is 11.1 Å². The minimum absolute atomic E-state index is 0.255. The van der Waals surface area contributed by atoms with Gasteiger partial charge in [-0.3, -0.25) is 4.79 Å². The van der Waals surface area contributed by atoms with E-state index in [4.69, 9.17) is 0 Å². The van der Waals surface area contributed by atoms with Gasteiger partial charge in [-0.2, -0.15) is 0 Å². The number of ketones is 1. The van der Waals surface area contributed by atoms with Crippen molar-refractivity contribution >= 4 is 5.78 Å². The minimum Gasteiger partial charge on any atom is -0.294 e. The van der Waals surface area contributed by atoms with E-state index in [0.717, 1.165) is 5.57 Å². The third kappa shape index (κ3) is 1.13. The molecule has 1 aliphatic rings. The lowest BCUT2D eigenvalue weighted by Gasteiger charge is -2.29. The van der Waals surface area contributed by atoms with Gasteiger partial charge in [0.2, 0.25) is 0 Å². The van der Waals surface area contributed by atoms with E-state index >= 15 is 0 Å². The van der Waals surface area contributed by atoms with Gasteiger partial charge in [0.25, 0.3) is 0 Å². The molecule has 1 nitrogen and oxygen atoms in total. The first-order valence-electron chi connectivity index (χ1n) is 4.28. The summed E-state index contributed by atoms with van der Waals surface area (Å²) in [6.07, 6.45) is 1.98. The van der Waals surface area contributed by atoms with Crippen molar-refractivity contribution in [2.75, 3.05) is 0 Å². The smallest absolute Gasteiger partial charge is 0.168 e. The molecule has 0 saturated heterocycles. The predicted molar refractivity (Wildman–Crippen MR) is 50.9 cm³/mol. The Morgan fingerprint density at radius 3 is 2.17 bits per heavy atom. The summed E-state index contributed by atoms with van der Waals surface area (Å²) in [6, 6.07) is 0. The van der Waals surface area contributed by atoms with Crippen molar-refractivity contribution in [1.29, 1.82) is 0 Å². The third-order valence-electron chi connectivity index (χ3n) is 2.89. The van der Waals surface area contributed by atoms with E-state index in [9.17, 15) is 4.79 Å².